The number of hydrogen-bond donors (Lipinski definition) is 2. The highest BCUT2D eigenvalue weighted by atomic mass is 16.3. The lowest BCUT2D eigenvalue weighted by atomic mass is 10.1. The largest absolute Gasteiger partial charge is 0.391 e. The average Bonchev–Trinajstić information content (AvgIpc) is 3.00. The topological polar surface area (TPSA) is 69.6 Å². The van der Waals surface area contributed by atoms with Crippen LogP contribution in [0.3, 0.4) is 0 Å². The van der Waals surface area contributed by atoms with Crippen molar-refractivity contribution >= 4 is 11.8 Å². The van der Waals surface area contributed by atoms with Crippen molar-refractivity contribution in [3.63, 3.8) is 0 Å². The Morgan fingerprint density at radius 2 is 2.31 bits per heavy atom. The third-order valence-electron chi connectivity index (χ3n) is 3.33. The van der Waals surface area contributed by atoms with Gasteiger partial charge in [-0.15, -0.1) is 0 Å². The van der Waals surface area contributed by atoms with Crippen LogP contribution >= 0.6 is 0 Å². The van der Waals surface area contributed by atoms with E-state index in [-0.39, 0.29) is 24.2 Å². The van der Waals surface area contributed by atoms with Gasteiger partial charge in [-0.25, -0.2) is 0 Å². The Balaban J connectivity index is 1.81. The lowest BCUT2D eigenvalue weighted by Gasteiger charge is -2.23. The van der Waals surface area contributed by atoms with Crippen LogP contribution in [0.4, 0.5) is 0 Å². The molecule has 2 aliphatic rings. The van der Waals surface area contributed by atoms with Crippen LogP contribution < -0.4 is 5.32 Å². The molecule has 2 fully saturated rings. The van der Waals surface area contributed by atoms with Crippen LogP contribution in [0.2, 0.25) is 0 Å². The molecule has 5 heteroatoms. The molecule has 0 aromatic heterocycles. The number of nitrogens with one attached hydrogen (secondary N) is 1. The standard InChI is InChI=1S/C11H18N2O3/c1-13(6-9(14)7-2-3-7)11(16)8-4-10(15)12-5-8/h7-9,14H,2-6H2,1H3,(H,12,15). The summed E-state index contributed by atoms with van der Waals surface area (Å²) in [6.07, 6.45) is 2.00. The Morgan fingerprint density at radius 3 is 2.81 bits per heavy atom. The van der Waals surface area contributed by atoms with Gasteiger partial charge in [0.25, 0.3) is 0 Å². The molecule has 0 radical (unpaired) electrons. The van der Waals surface area contributed by atoms with Gasteiger partial charge >= 0.3 is 0 Å². The number of carbonyl (C=O) groups excluding carboxylic acids is 2. The highest BCUT2D eigenvalue weighted by Gasteiger charge is 2.34. The first-order valence-corrected chi connectivity index (χ1v) is 5.77. The lowest BCUT2D eigenvalue weighted by Crippen LogP contribution is -2.39. The first-order chi connectivity index (χ1) is 7.58. The van der Waals surface area contributed by atoms with E-state index in [4.69, 9.17) is 0 Å². The lowest BCUT2D eigenvalue weighted by molar-refractivity contribution is -0.135. The van der Waals surface area contributed by atoms with Gasteiger partial charge in [0, 0.05) is 26.6 Å². The van der Waals surface area contributed by atoms with E-state index in [1.54, 1.807) is 11.9 Å². The minimum atomic E-state index is -0.404. The summed E-state index contributed by atoms with van der Waals surface area (Å²) in [6, 6.07) is 0. The Labute approximate surface area is 94.8 Å². The number of likely N-dealkylation sites (N-methyl/N-ethyl adjacent to an activating group) is 1. The SMILES string of the molecule is CN(CC(O)C1CC1)C(=O)C1CNC(=O)C1. The fourth-order valence-electron chi connectivity index (χ4n) is 2.09. The molecular formula is C11H18N2O3. The summed E-state index contributed by atoms with van der Waals surface area (Å²) >= 11 is 0. The predicted molar refractivity (Wildman–Crippen MR) is 57.5 cm³/mol. The minimum Gasteiger partial charge on any atom is -0.391 e. The van der Waals surface area contributed by atoms with E-state index in [1.165, 1.54) is 0 Å². The van der Waals surface area contributed by atoms with Gasteiger partial charge in [-0.1, -0.05) is 0 Å². The van der Waals surface area contributed by atoms with Gasteiger partial charge in [0.05, 0.1) is 12.0 Å². The molecule has 0 aromatic rings. The van der Waals surface area contributed by atoms with Gasteiger partial charge in [0.15, 0.2) is 0 Å². The summed E-state index contributed by atoms with van der Waals surface area (Å²) in [5.41, 5.74) is 0. The van der Waals surface area contributed by atoms with Crippen LogP contribution in [0.1, 0.15) is 19.3 Å². The third-order valence-corrected chi connectivity index (χ3v) is 3.33. The minimum absolute atomic E-state index is 0.0435. The maximum absolute atomic E-state index is 11.9. The second-order valence-corrected chi connectivity index (χ2v) is 4.83. The van der Waals surface area contributed by atoms with Gasteiger partial charge in [0.1, 0.15) is 0 Å². The van der Waals surface area contributed by atoms with Crippen molar-refractivity contribution in [3.8, 4) is 0 Å². The van der Waals surface area contributed by atoms with E-state index in [2.05, 4.69) is 5.32 Å². The summed E-state index contributed by atoms with van der Waals surface area (Å²) in [5, 5.41) is 12.4. The van der Waals surface area contributed by atoms with Crippen molar-refractivity contribution in [1.29, 1.82) is 0 Å². The molecule has 0 spiro atoms. The van der Waals surface area contributed by atoms with E-state index < -0.39 is 6.10 Å². The molecule has 0 aromatic carbocycles. The van der Waals surface area contributed by atoms with Crippen LogP contribution in [0.5, 0.6) is 0 Å². The Morgan fingerprint density at radius 1 is 1.62 bits per heavy atom. The van der Waals surface area contributed by atoms with Gasteiger partial charge in [-0.05, 0) is 18.8 Å². The molecule has 90 valence electrons. The van der Waals surface area contributed by atoms with Crippen molar-refractivity contribution < 1.29 is 14.7 Å². The van der Waals surface area contributed by atoms with Crippen LogP contribution in [0.25, 0.3) is 0 Å². The zero-order chi connectivity index (χ0) is 11.7. The van der Waals surface area contributed by atoms with Gasteiger partial charge in [-0.2, -0.15) is 0 Å². The number of rotatable bonds is 4. The quantitative estimate of drug-likeness (QED) is 0.669. The molecular weight excluding hydrogens is 208 g/mol. The smallest absolute Gasteiger partial charge is 0.227 e. The maximum Gasteiger partial charge on any atom is 0.227 e. The zero-order valence-electron chi connectivity index (χ0n) is 9.48. The fraction of sp³-hybridized carbons (Fsp3) is 0.818. The summed E-state index contributed by atoms with van der Waals surface area (Å²) in [7, 11) is 1.69. The first-order valence-electron chi connectivity index (χ1n) is 5.77. The second-order valence-electron chi connectivity index (χ2n) is 4.83. The molecule has 1 heterocycles. The third kappa shape index (κ3) is 2.52. The summed E-state index contributed by atoms with van der Waals surface area (Å²) in [5.74, 6) is 0.0232. The fourth-order valence-corrected chi connectivity index (χ4v) is 2.09. The molecule has 1 saturated heterocycles. The number of aliphatic hydroxyl groups is 1. The molecule has 1 aliphatic heterocycles. The monoisotopic (exact) mass is 226 g/mol. The summed E-state index contributed by atoms with van der Waals surface area (Å²) < 4.78 is 0. The molecule has 0 bridgehead atoms. The molecule has 2 rings (SSSR count). The van der Waals surface area contributed by atoms with Gasteiger partial charge in [-0.3, -0.25) is 9.59 Å². The van der Waals surface area contributed by atoms with Gasteiger partial charge < -0.3 is 15.3 Å². The van der Waals surface area contributed by atoms with Crippen molar-refractivity contribution in [2.24, 2.45) is 11.8 Å². The molecule has 5 nitrogen and oxygen atoms in total. The first kappa shape index (κ1) is 11.4. The maximum atomic E-state index is 11.9. The van der Waals surface area contributed by atoms with Crippen molar-refractivity contribution in [3.05, 3.63) is 0 Å². The number of nitrogens with zero attached hydrogens (tertiary/aromatic N) is 1. The molecule has 2 N–H and O–H groups in total. The highest BCUT2D eigenvalue weighted by Crippen LogP contribution is 2.32. The van der Waals surface area contributed by atoms with Crippen LogP contribution in [0, 0.1) is 11.8 Å². The van der Waals surface area contributed by atoms with Crippen LogP contribution in [-0.2, 0) is 9.59 Å². The van der Waals surface area contributed by atoms with Gasteiger partial charge in [0.2, 0.25) is 11.8 Å². The predicted octanol–water partition coefficient (Wildman–Crippen LogP) is -0.648. The summed E-state index contributed by atoms with van der Waals surface area (Å²) in [6.45, 7) is 0.815. The Hall–Kier alpha value is -1.10. The van der Waals surface area contributed by atoms with E-state index >= 15 is 0 Å². The van der Waals surface area contributed by atoms with E-state index in [1.807, 2.05) is 0 Å². The Kier molecular flexibility index (Phi) is 3.14. The average molecular weight is 226 g/mol. The molecule has 2 unspecified atom stereocenters. The molecule has 16 heavy (non-hydrogen) atoms. The molecule has 1 saturated carbocycles. The van der Waals surface area contributed by atoms with Crippen molar-refractivity contribution in [1.82, 2.24) is 10.2 Å². The number of hydrogen-bond acceptors (Lipinski definition) is 3. The van der Waals surface area contributed by atoms with Crippen LogP contribution in [0.15, 0.2) is 0 Å². The highest BCUT2D eigenvalue weighted by molar-refractivity contribution is 5.89. The Bertz CT molecular complexity index is 302. The van der Waals surface area contributed by atoms with E-state index in [9.17, 15) is 14.7 Å². The molecule has 2 amide bonds. The molecule has 1 aliphatic carbocycles. The molecule has 2 atom stereocenters. The van der Waals surface area contributed by atoms with E-state index in [0.717, 1.165) is 12.8 Å². The number of amides is 2. The van der Waals surface area contributed by atoms with Crippen molar-refractivity contribution in [2.75, 3.05) is 20.1 Å². The normalized spacial score (nSPS) is 26.4. The number of carbonyl (C=O) groups is 2. The summed E-state index contributed by atoms with van der Waals surface area (Å²) in [4.78, 5) is 24.4. The van der Waals surface area contributed by atoms with Crippen molar-refractivity contribution in [2.45, 2.75) is 25.4 Å². The number of aliphatic hydroxyl groups excluding tert-OH is 1. The second kappa shape index (κ2) is 4.41. The zero-order valence-corrected chi connectivity index (χ0v) is 9.48. The van der Waals surface area contributed by atoms with Crippen LogP contribution in [-0.4, -0.2) is 48.1 Å². The van der Waals surface area contributed by atoms with E-state index in [0.29, 0.717) is 19.0 Å².